The lowest BCUT2D eigenvalue weighted by Gasteiger charge is -2.22. The second-order valence-corrected chi connectivity index (χ2v) is 4.55. The van der Waals surface area contributed by atoms with Gasteiger partial charge in [-0.2, -0.15) is 10.2 Å². The maximum absolute atomic E-state index is 4.15. The average molecular weight is 268 g/mol. The molecule has 0 aliphatic carbocycles. The molecule has 0 spiro atoms. The van der Waals surface area contributed by atoms with Crippen LogP contribution in [0.3, 0.4) is 0 Å². The van der Waals surface area contributed by atoms with Crippen molar-refractivity contribution in [3.05, 3.63) is 86.3 Å². The van der Waals surface area contributed by atoms with Crippen LogP contribution in [0.2, 0.25) is 0 Å². The van der Waals surface area contributed by atoms with Gasteiger partial charge in [-0.25, -0.2) is 0 Å². The van der Waals surface area contributed by atoms with Crippen LogP contribution in [0.25, 0.3) is 0 Å². The fraction of sp³-hybridized carbons (Fsp3) is 0.222. The monoisotopic (exact) mass is 268 g/mol. The van der Waals surface area contributed by atoms with Crippen LogP contribution in [0.4, 0.5) is 0 Å². The van der Waals surface area contributed by atoms with Crippen molar-refractivity contribution < 1.29 is 0 Å². The molecule has 0 radical (unpaired) electrons. The van der Waals surface area contributed by atoms with Crippen molar-refractivity contribution in [2.45, 2.75) is 13.8 Å². The van der Waals surface area contributed by atoms with E-state index in [1.807, 2.05) is 6.92 Å². The van der Waals surface area contributed by atoms with Gasteiger partial charge in [-0.15, -0.1) is 0 Å². The number of hydrogen-bond acceptors (Lipinski definition) is 2. The molecule has 0 saturated heterocycles. The molecule has 0 rings (SSSR count). The summed E-state index contributed by atoms with van der Waals surface area (Å²) in [6.45, 7) is 27.0. The van der Waals surface area contributed by atoms with Crippen molar-refractivity contribution in [3.63, 3.8) is 0 Å². The molecule has 0 aromatic heterocycles. The SMILES string of the molecule is C=C/C=C(C=C)/N=N/C(=C)C(C)[C@H](C)C(=C)C(=C)C=C. The minimum absolute atomic E-state index is 0.109. The summed E-state index contributed by atoms with van der Waals surface area (Å²) in [5.41, 5.74) is 3.12. The highest BCUT2D eigenvalue weighted by molar-refractivity contribution is 5.36. The summed E-state index contributed by atoms with van der Waals surface area (Å²) < 4.78 is 0. The van der Waals surface area contributed by atoms with Gasteiger partial charge in [-0.05, 0) is 29.2 Å². The van der Waals surface area contributed by atoms with Crippen molar-refractivity contribution in [3.8, 4) is 0 Å². The number of nitrogens with zero attached hydrogens (tertiary/aromatic N) is 2. The Kier molecular flexibility index (Phi) is 7.83. The summed E-state index contributed by atoms with van der Waals surface area (Å²) in [6.07, 6.45) is 6.70. The van der Waals surface area contributed by atoms with Gasteiger partial charge in [0.15, 0.2) is 0 Å². The van der Waals surface area contributed by atoms with E-state index in [1.54, 1.807) is 24.3 Å². The molecule has 0 aromatic carbocycles. The first-order valence-electron chi connectivity index (χ1n) is 6.45. The summed E-state index contributed by atoms with van der Waals surface area (Å²) >= 11 is 0. The number of allylic oxidation sites excluding steroid dienone is 7. The van der Waals surface area contributed by atoms with Crippen LogP contribution in [-0.4, -0.2) is 0 Å². The van der Waals surface area contributed by atoms with Gasteiger partial charge < -0.3 is 0 Å². The van der Waals surface area contributed by atoms with E-state index in [1.165, 1.54) is 0 Å². The number of rotatable bonds is 9. The fourth-order valence-corrected chi connectivity index (χ4v) is 1.49. The predicted molar refractivity (Wildman–Crippen MR) is 89.3 cm³/mol. The first-order valence-corrected chi connectivity index (χ1v) is 6.45. The summed E-state index contributed by atoms with van der Waals surface area (Å²) in [4.78, 5) is 0. The topological polar surface area (TPSA) is 24.7 Å². The zero-order valence-corrected chi connectivity index (χ0v) is 12.6. The normalized spacial score (nSPS) is 14.4. The predicted octanol–water partition coefficient (Wildman–Crippen LogP) is 5.78. The van der Waals surface area contributed by atoms with Crippen LogP contribution in [0.1, 0.15) is 13.8 Å². The van der Waals surface area contributed by atoms with Gasteiger partial charge in [0.1, 0.15) is 0 Å². The van der Waals surface area contributed by atoms with Crippen LogP contribution in [0.15, 0.2) is 96.5 Å². The molecule has 0 N–H and O–H groups in total. The highest BCUT2D eigenvalue weighted by atomic mass is 15.1. The molecule has 0 amide bonds. The Hall–Kier alpha value is -2.22. The third kappa shape index (κ3) is 5.19. The van der Waals surface area contributed by atoms with E-state index in [9.17, 15) is 0 Å². The molecule has 106 valence electrons. The van der Waals surface area contributed by atoms with Crippen molar-refractivity contribution in [1.29, 1.82) is 0 Å². The second kappa shape index (κ2) is 8.81. The van der Waals surface area contributed by atoms with Crippen molar-refractivity contribution in [2.75, 3.05) is 0 Å². The average Bonchev–Trinajstić information content (AvgIpc) is 2.47. The zero-order valence-electron chi connectivity index (χ0n) is 12.6. The lowest BCUT2D eigenvalue weighted by molar-refractivity contribution is 0.504. The van der Waals surface area contributed by atoms with E-state index in [0.29, 0.717) is 11.4 Å². The number of azo groups is 1. The minimum atomic E-state index is 0.109. The quantitative estimate of drug-likeness (QED) is 0.374. The Morgan fingerprint density at radius 2 is 1.50 bits per heavy atom. The molecule has 0 heterocycles. The minimum Gasteiger partial charge on any atom is -0.155 e. The molecule has 0 aromatic rings. The van der Waals surface area contributed by atoms with Crippen molar-refractivity contribution in [2.24, 2.45) is 22.1 Å². The summed E-state index contributed by atoms with van der Waals surface area (Å²) in [6, 6.07) is 0. The molecule has 0 saturated carbocycles. The Bertz CT molecular complexity index is 490. The zero-order chi connectivity index (χ0) is 15.7. The maximum atomic E-state index is 4.15. The Labute approximate surface area is 123 Å². The Morgan fingerprint density at radius 1 is 0.900 bits per heavy atom. The molecule has 2 heteroatoms. The summed E-state index contributed by atoms with van der Waals surface area (Å²) in [5, 5.41) is 8.23. The van der Waals surface area contributed by atoms with E-state index in [4.69, 9.17) is 0 Å². The summed E-state index contributed by atoms with van der Waals surface area (Å²) in [5.74, 6) is 0.278. The van der Waals surface area contributed by atoms with E-state index in [0.717, 1.165) is 11.1 Å². The van der Waals surface area contributed by atoms with Gasteiger partial charge in [0.05, 0.1) is 11.4 Å². The van der Waals surface area contributed by atoms with Crippen LogP contribution >= 0.6 is 0 Å². The van der Waals surface area contributed by atoms with Crippen LogP contribution in [0.5, 0.6) is 0 Å². The fourth-order valence-electron chi connectivity index (χ4n) is 1.49. The lowest BCUT2D eigenvalue weighted by Crippen LogP contribution is -2.12. The molecule has 0 aliphatic heterocycles. The lowest BCUT2D eigenvalue weighted by atomic mass is 9.84. The van der Waals surface area contributed by atoms with Crippen LogP contribution < -0.4 is 0 Å². The van der Waals surface area contributed by atoms with E-state index in [2.05, 4.69) is 56.6 Å². The largest absolute Gasteiger partial charge is 0.155 e. The Morgan fingerprint density at radius 3 is 1.95 bits per heavy atom. The Balaban J connectivity index is 4.90. The van der Waals surface area contributed by atoms with Gasteiger partial charge in [0.2, 0.25) is 0 Å². The van der Waals surface area contributed by atoms with Gasteiger partial charge in [-0.3, -0.25) is 0 Å². The summed E-state index contributed by atoms with van der Waals surface area (Å²) in [7, 11) is 0. The second-order valence-electron chi connectivity index (χ2n) is 4.55. The van der Waals surface area contributed by atoms with Gasteiger partial charge in [0.25, 0.3) is 0 Å². The van der Waals surface area contributed by atoms with Gasteiger partial charge in [0, 0.05) is 5.92 Å². The highest BCUT2D eigenvalue weighted by Crippen LogP contribution is 2.29. The molecular weight excluding hydrogens is 244 g/mol. The molecule has 0 fully saturated rings. The molecule has 1 unspecified atom stereocenters. The molecule has 0 bridgehead atoms. The van der Waals surface area contributed by atoms with Gasteiger partial charge >= 0.3 is 0 Å². The first-order chi connectivity index (χ1) is 9.38. The number of hydrogen-bond donors (Lipinski definition) is 0. The van der Waals surface area contributed by atoms with E-state index < -0.39 is 0 Å². The van der Waals surface area contributed by atoms with E-state index in [-0.39, 0.29) is 11.8 Å². The van der Waals surface area contributed by atoms with Crippen LogP contribution in [0, 0.1) is 11.8 Å². The van der Waals surface area contributed by atoms with Crippen LogP contribution in [-0.2, 0) is 0 Å². The smallest absolute Gasteiger partial charge is 0.0850 e. The van der Waals surface area contributed by atoms with E-state index >= 15 is 0 Å². The standard InChI is InChI=1S/C18H24N2/c1-9-12-18(11-3)20-19-17(8)16(7)15(6)14(5)13(4)10-2/h9-12,15-16H,1-5,8H2,6-7H3/b18-12+,20-19+/t15-,16?/m1/s1. The highest BCUT2D eigenvalue weighted by Gasteiger charge is 2.19. The third-order valence-corrected chi connectivity index (χ3v) is 3.28. The van der Waals surface area contributed by atoms with Crippen molar-refractivity contribution in [1.82, 2.24) is 0 Å². The molecule has 2 atom stereocenters. The van der Waals surface area contributed by atoms with Crippen molar-refractivity contribution >= 4 is 0 Å². The third-order valence-electron chi connectivity index (χ3n) is 3.28. The molecular formula is C18H24N2. The maximum Gasteiger partial charge on any atom is 0.0850 e. The first kappa shape index (κ1) is 17.8. The van der Waals surface area contributed by atoms with Gasteiger partial charge in [-0.1, -0.05) is 65.5 Å². The molecule has 0 aliphatic rings. The molecule has 20 heavy (non-hydrogen) atoms. The molecule has 2 nitrogen and oxygen atoms in total.